The fourth-order valence-corrected chi connectivity index (χ4v) is 0.512. The fourth-order valence-electron chi connectivity index (χ4n) is 0.512. The van der Waals surface area contributed by atoms with Gasteiger partial charge in [-0.05, 0) is 6.08 Å². The van der Waals surface area contributed by atoms with Gasteiger partial charge in [-0.3, -0.25) is 0 Å². The molecule has 0 saturated carbocycles. The first-order chi connectivity index (χ1) is 6.17. The first-order valence-corrected chi connectivity index (χ1v) is 3.93. The van der Waals surface area contributed by atoms with Crippen molar-refractivity contribution in [1.29, 1.82) is 0 Å². The second-order valence-electron chi connectivity index (χ2n) is 1.70. The number of carbonyl (C=O) groups is 1. The molecule has 74 valence electrons. The predicted octanol–water partition coefficient (Wildman–Crippen LogP) is 2.37. The smallest absolute Gasteiger partial charge is 0.341 e. The van der Waals surface area contributed by atoms with E-state index in [1.54, 1.807) is 0 Å². The Hall–Kier alpha value is -1.51. The van der Waals surface area contributed by atoms with E-state index >= 15 is 0 Å². The van der Waals surface area contributed by atoms with Crippen molar-refractivity contribution >= 4 is 5.97 Å². The zero-order valence-electron chi connectivity index (χ0n) is 8.33. The molecule has 0 atom stereocenters. The van der Waals surface area contributed by atoms with Gasteiger partial charge in [-0.15, -0.1) is 0 Å². The molecule has 0 fully saturated rings. The van der Waals surface area contributed by atoms with E-state index in [0.29, 0.717) is 0 Å². The van der Waals surface area contributed by atoms with Crippen LogP contribution in [0.2, 0.25) is 0 Å². The summed E-state index contributed by atoms with van der Waals surface area (Å²) in [4.78, 5) is 10.8. The van der Waals surface area contributed by atoms with Crippen LogP contribution in [-0.2, 0) is 9.53 Å². The quantitative estimate of drug-likeness (QED) is 0.317. The van der Waals surface area contributed by atoms with Crippen molar-refractivity contribution in [3.63, 3.8) is 0 Å². The summed E-state index contributed by atoms with van der Waals surface area (Å²) in [5.74, 6) is -0.857. The average molecular weight is 184 g/mol. The van der Waals surface area contributed by atoms with Gasteiger partial charge in [-0.1, -0.05) is 33.1 Å². The number of aliphatic hydroxyl groups is 1. The zero-order chi connectivity index (χ0) is 10.9. The molecule has 0 spiro atoms. The van der Waals surface area contributed by atoms with Gasteiger partial charge in [-0.2, -0.15) is 0 Å². The summed E-state index contributed by atoms with van der Waals surface area (Å²) in [7, 11) is 1.22. The highest BCUT2D eigenvalue weighted by Gasteiger charge is 2.08. The Bertz CT molecular complexity index is 214. The first kappa shape index (κ1) is 14.0. The number of rotatable bonds is 3. The highest BCUT2D eigenvalue weighted by atomic mass is 16.5. The number of aliphatic hydroxyl groups excluding tert-OH is 1. The third kappa shape index (κ3) is 4.85. The summed E-state index contributed by atoms with van der Waals surface area (Å²) < 4.78 is 4.35. The van der Waals surface area contributed by atoms with Crippen molar-refractivity contribution in [2.45, 2.75) is 13.8 Å². The third-order valence-corrected chi connectivity index (χ3v) is 1.08. The number of carbonyl (C=O) groups excluding carboxylic acids is 1. The Morgan fingerprint density at radius 1 is 1.31 bits per heavy atom. The van der Waals surface area contributed by atoms with Crippen molar-refractivity contribution in [3.8, 4) is 0 Å². The summed E-state index contributed by atoms with van der Waals surface area (Å²) >= 11 is 0. The topological polar surface area (TPSA) is 46.5 Å². The van der Waals surface area contributed by atoms with Crippen LogP contribution in [0.5, 0.6) is 0 Å². The summed E-state index contributed by atoms with van der Waals surface area (Å²) in [6.45, 7) is 10.6. The van der Waals surface area contributed by atoms with E-state index in [1.807, 2.05) is 13.8 Å². The lowest BCUT2D eigenvalue weighted by molar-refractivity contribution is -0.135. The molecule has 0 unspecified atom stereocenters. The molecule has 0 aromatic carbocycles. The van der Waals surface area contributed by atoms with Crippen LogP contribution in [0.3, 0.4) is 0 Å². The Labute approximate surface area is 79.0 Å². The molecule has 0 aromatic heterocycles. The molecule has 0 aromatic rings. The normalized spacial score (nSPS) is 10.1. The van der Waals surface area contributed by atoms with E-state index in [2.05, 4.69) is 17.9 Å². The van der Waals surface area contributed by atoms with E-state index < -0.39 is 5.97 Å². The van der Waals surface area contributed by atoms with Gasteiger partial charge in [-0.25, -0.2) is 4.79 Å². The molecule has 1 N–H and O–H groups in total. The van der Waals surface area contributed by atoms with Gasteiger partial charge in [0.1, 0.15) is 11.3 Å². The predicted molar refractivity (Wildman–Crippen MR) is 53.4 cm³/mol. The summed E-state index contributed by atoms with van der Waals surface area (Å²) in [5.41, 5.74) is 0.0162. The standard InChI is InChI=1S/C8H10O3.C2H6/c1-4-6(7(9)5-2)8(10)11-3;1-2/h4-5,9H,1-2H2,3H3;1-2H3/b7-6-;. The number of allylic oxidation sites excluding steroid dienone is 1. The van der Waals surface area contributed by atoms with E-state index in [4.69, 9.17) is 5.11 Å². The van der Waals surface area contributed by atoms with E-state index in [-0.39, 0.29) is 11.3 Å². The maximum atomic E-state index is 10.8. The number of esters is 1. The number of hydrogen-bond acceptors (Lipinski definition) is 3. The van der Waals surface area contributed by atoms with Crippen molar-refractivity contribution in [1.82, 2.24) is 0 Å². The molecule has 0 saturated heterocycles. The molecular weight excluding hydrogens is 168 g/mol. The lowest BCUT2D eigenvalue weighted by atomic mass is 10.2. The van der Waals surface area contributed by atoms with Crippen LogP contribution in [0.25, 0.3) is 0 Å². The van der Waals surface area contributed by atoms with E-state index in [9.17, 15) is 4.79 Å². The average Bonchev–Trinajstić information content (AvgIpc) is 2.21. The second kappa shape index (κ2) is 8.59. The summed E-state index contributed by atoms with van der Waals surface area (Å²) in [6.07, 6.45) is 2.36. The van der Waals surface area contributed by atoms with Gasteiger partial charge in [0.15, 0.2) is 0 Å². The Balaban J connectivity index is 0. The monoisotopic (exact) mass is 184 g/mol. The van der Waals surface area contributed by atoms with Gasteiger partial charge >= 0.3 is 5.97 Å². The second-order valence-corrected chi connectivity index (χ2v) is 1.70. The Morgan fingerprint density at radius 3 is 2.00 bits per heavy atom. The van der Waals surface area contributed by atoms with Crippen molar-refractivity contribution in [2.24, 2.45) is 0 Å². The summed E-state index contributed by atoms with van der Waals surface area (Å²) in [5, 5.41) is 9.01. The lowest BCUT2D eigenvalue weighted by Crippen LogP contribution is -2.04. The van der Waals surface area contributed by atoms with Crippen LogP contribution in [0.15, 0.2) is 36.6 Å². The van der Waals surface area contributed by atoms with Gasteiger partial charge in [0.05, 0.1) is 7.11 Å². The molecule has 0 radical (unpaired) electrons. The number of methoxy groups -OCH3 is 1. The van der Waals surface area contributed by atoms with Gasteiger partial charge in [0.25, 0.3) is 0 Å². The molecule has 13 heavy (non-hydrogen) atoms. The molecule has 0 amide bonds. The van der Waals surface area contributed by atoms with Gasteiger partial charge < -0.3 is 9.84 Å². The highest BCUT2D eigenvalue weighted by molar-refractivity contribution is 5.92. The van der Waals surface area contributed by atoms with Crippen LogP contribution in [0, 0.1) is 0 Å². The molecule has 0 aliphatic heterocycles. The molecule has 3 heteroatoms. The molecule has 0 aliphatic carbocycles. The fraction of sp³-hybridized carbons (Fsp3) is 0.300. The van der Waals surface area contributed by atoms with Crippen LogP contribution >= 0.6 is 0 Å². The summed E-state index contributed by atoms with van der Waals surface area (Å²) in [6, 6.07) is 0. The molecule has 0 bridgehead atoms. The van der Waals surface area contributed by atoms with Crippen molar-refractivity contribution in [3.05, 3.63) is 36.6 Å². The minimum absolute atomic E-state index is 0.0162. The van der Waals surface area contributed by atoms with E-state index in [0.717, 1.165) is 6.08 Å². The lowest BCUT2D eigenvalue weighted by Gasteiger charge is -1.99. The van der Waals surface area contributed by atoms with Crippen molar-refractivity contribution in [2.75, 3.05) is 7.11 Å². The van der Waals surface area contributed by atoms with Crippen molar-refractivity contribution < 1.29 is 14.6 Å². The van der Waals surface area contributed by atoms with Crippen LogP contribution < -0.4 is 0 Å². The molecule has 3 nitrogen and oxygen atoms in total. The Kier molecular flexibility index (Phi) is 9.27. The number of hydrogen-bond donors (Lipinski definition) is 1. The Morgan fingerprint density at radius 2 is 1.77 bits per heavy atom. The van der Waals surface area contributed by atoms with Crippen LogP contribution in [0.4, 0.5) is 0 Å². The molecule has 0 aliphatic rings. The highest BCUT2D eigenvalue weighted by Crippen LogP contribution is 2.05. The SMILES string of the molecule is C=C/C(O)=C(\C=C)C(=O)OC.CC. The van der Waals surface area contributed by atoms with E-state index in [1.165, 1.54) is 13.2 Å². The number of ether oxygens (including phenoxy) is 1. The maximum absolute atomic E-state index is 10.8. The first-order valence-electron chi connectivity index (χ1n) is 3.93. The van der Waals surface area contributed by atoms with Crippen LogP contribution in [-0.4, -0.2) is 18.2 Å². The minimum Gasteiger partial charge on any atom is -0.507 e. The third-order valence-electron chi connectivity index (χ3n) is 1.08. The largest absolute Gasteiger partial charge is 0.507 e. The molecule has 0 heterocycles. The van der Waals surface area contributed by atoms with Gasteiger partial charge in [0, 0.05) is 0 Å². The van der Waals surface area contributed by atoms with Gasteiger partial charge in [0.2, 0.25) is 0 Å². The molecule has 0 rings (SSSR count). The molecular formula is C10H16O3. The minimum atomic E-state index is -0.627. The zero-order valence-corrected chi connectivity index (χ0v) is 8.33. The maximum Gasteiger partial charge on any atom is 0.341 e. The van der Waals surface area contributed by atoms with Crippen LogP contribution in [0.1, 0.15) is 13.8 Å².